The Bertz CT molecular complexity index is 1030. The lowest BCUT2D eigenvalue weighted by molar-refractivity contribution is 0.568. The zero-order valence-corrected chi connectivity index (χ0v) is 16.5. The highest BCUT2D eigenvalue weighted by atomic mass is 14.9. The van der Waals surface area contributed by atoms with Gasteiger partial charge in [-0.25, -0.2) is 9.97 Å². The molecule has 1 aliphatic rings. The van der Waals surface area contributed by atoms with Gasteiger partial charge in [0, 0.05) is 17.3 Å². The molecule has 1 N–H and O–H groups in total. The Balaban J connectivity index is 1.76. The summed E-state index contributed by atoms with van der Waals surface area (Å²) in [4.78, 5) is 12.8. The molecule has 0 spiro atoms. The molecule has 0 amide bonds. The van der Waals surface area contributed by atoms with Crippen molar-refractivity contribution in [1.29, 1.82) is 0 Å². The molecule has 0 radical (unpaired) electrons. The summed E-state index contributed by atoms with van der Waals surface area (Å²) in [5.74, 6) is 0. The van der Waals surface area contributed by atoms with Crippen LogP contribution >= 0.6 is 0 Å². The second-order valence-electron chi connectivity index (χ2n) is 8.44. The number of fused-ring (bicyclic) bond motifs is 1. The molecular formula is C24H27N3. The molecule has 0 fully saturated rings. The maximum Gasteiger partial charge on any atom is 0.156 e. The van der Waals surface area contributed by atoms with Crippen molar-refractivity contribution in [1.82, 2.24) is 15.0 Å². The summed E-state index contributed by atoms with van der Waals surface area (Å²) >= 11 is 0. The molecule has 0 atom stereocenters. The van der Waals surface area contributed by atoms with E-state index in [9.17, 15) is 0 Å². The molecule has 3 nitrogen and oxygen atoms in total. The summed E-state index contributed by atoms with van der Waals surface area (Å²) in [5.41, 5.74) is 8.60. The van der Waals surface area contributed by atoms with Crippen LogP contribution in [0.5, 0.6) is 0 Å². The third-order valence-electron chi connectivity index (χ3n) is 5.43. The Morgan fingerprint density at radius 1 is 1.15 bits per heavy atom. The molecular weight excluding hydrogens is 330 g/mol. The Morgan fingerprint density at radius 2 is 1.96 bits per heavy atom. The van der Waals surface area contributed by atoms with Gasteiger partial charge in [-0.05, 0) is 53.9 Å². The summed E-state index contributed by atoms with van der Waals surface area (Å²) in [6.07, 6.45) is 11.2. The van der Waals surface area contributed by atoms with E-state index >= 15 is 0 Å². The average molecular weight is 358 g/mol. The Hall–Kier alpha value is -2.68. The van der Waals surface area contributed by atoms with Gasteiger partial charge < -0.3 is 4.98 Å². The van der Waals surface area contributed by atoms with Crippen LogP contribution < -0.4 is 0 Å². The molecule has 1 aliphatic carbocycles. The number of nitrogens with one attached hydrogen (secondary N) is 1. The van der Waals surface area contributed by atoms with E-state index in [4.69, 9.17) is 4.98 Å². The van der Waals surface area contributed by atoms with E-state index in [-0.39, 0.29) is 5.41 Å². The Labute approximate surface area is 161 Å². The number of hydrogen-bond donors (Lipinski definition) is 1. The lowest BCUT2D eigenvalue weighted by atomic mass is 9.84. The van der Waals surface area contributed by atoms with Crippen molar-refractivity contribution in [3.8, 4) is 11.3 Å². The number of benzene rings is 1. The molecule has 1 aromatic carbocycles. The van der Waals surface area contributed by atoms with Gasteiger partial charge in [-0.2, -0.15) is 0 Å². The maximum atomic E-state index is 4.95. The lowest BCUT2D eigenvalue weighted by Crippen LogP contribution is -2.07. The average Bonchev–Trinajstić information content (AvgIpc) is 3.10. The van der Waals surface area contributed by atoms with E-state index in [1.54, 1.807) is 0 Å². The minimum atomic E-state index is -0.0137. The molecule has 0 aliphatic heterocycles. The van der Waals surface area contributed by atoms with Gasteiger partial charge >= 0.3 is 0 Å². The minimum Gasteiger partial charge on any atom is -0.344 e. The van der Waals surface area contributed by atoms with Crippen LogP contribution in [0.1, 0.15) is 57.6 Å². The van der Waals surface area contributed by atoms with E-state index in [0.29, 0.717) is 0 Å². The van der Waals surface area contributed by atoms with Crippen LogP contribution in [-0.2, 0) is 0 Å². The van der Waals surface area contributed by atoms with E-state index in [1.165, 1.54) is 36.8 Å². The highest BCUT2D eigenvalue weighted by Crippen LogP contribution is 2.36. The quantitative estimate of drug-likeness (QED) is 0.570. The topological polar surface area (TPSA) is 41.6 Å². The normalized spacial score (nSPS) is 15.0. The van der Waals surface area contributed by atoms with E-state index < -0.39 is 0 Å². The van der Waals surface area contributed by atoms with Gasteiger partial charge in [0.2, 0.25) is 0 Å². The standard InChI is InChI=1S/C24H27N3/c1-16(24(2,3)4)20-14-25-23-22(20)27-21(15-26-23)19-12-8-11-18(13-19)17-9-6-5-7-10-17/h8-9,11-15H,1,5-7,10H2,2-4H3,(H,25,26). The fourth-order valence-electron chi connectivity index (χ4n) is 3.64. The smallest absolute Gasteiger partial charge is 0.156 e. The zero-order chi connectivity index (χ0) is 19.0. The first-order chi connectivity index (χ1) is 12.9. The first-order valence-corrected chi connectivity index (χ1v) is 9.77. The van der Waals surface area contributed by atoms with Crippen molar-refractivity contribution >= 4 is 22.3 Å². The number of H-pyrrole nitrogens is 1. The van der Waals surface area contributed by atoms with Crippen LogP contribution in [-0.4, -0.2) is 15.0 Å². The highest BCUT2D eigenvalue weighted by molar-refractivity contribution is 5.89. The summed E-state index contributed by atoms with van der Waals surface area (Å²) in [6.45, 7) is 10.8. The van der Waals surface area contributed by atoms with Gasteiger partial charge in [-0.1, -0.05) is 51.6 Å². The van der Waals surface area contributed by atoms with Gasteiger partial charge in [-0.3, -0.25) is 0 Å². The summed E-state index contributed by atoms with van der Waals surface area (Å²) in [5, 5.41) is 0. The van der Waals surface area contributed by atoms with Crippen LogP contribution in [0.3, 0.4) is 0 Å². The molecule has 0 unspecified atom stereocenters. The molecule has 4 rings (SSSR count). The van der Waals surface area contributed by atoms with Gasteiger partial charge in [0.05, 0.1) is 11.9 Å². The van der Waals surface area contributed by atoms with Gasteiger partial charge in [-0.15, -0.1) is 0 Å². The fourth-order valence-corrected chi connectivity index (χ4v) is 3.64. The van der Waals surface area contributed by atoms with Crippen molar-refractivity contribution in [3.63, 3.8) is 0 Å². The Morgan fingerprint density at radius 3 is 2.70 bits per heavy atom. The minimum absolute atomic E-state index is 0.0137. The van der Waals surface area contributed by atoms with Crippen molar-refractivity contribution in [2.75, 3.05) is 0 Å². The molecule has 2 aromatic heterocycles. The number of nitrogens with zero attached hydrogens (tertiary/aromatic N) is 2. The Kier molecular flexibility index (Phi) is 4.47. The number of aromatic amines is 1. The van der Waals surface area contributed by atoms with E-state index in [1.807, 2.05) is 12.4 Å². The molecule has 0 bridgehead atoms. The first kappa shape index (κ1) is 17.7. The maximum absolute atomic E-state index is 4.95. The zero-order valence-electron chi connectivity index (χ0n) is 16.5. The van der Waals surface area contributed by atoms with Crippen molar-refractivity contribution in [2.45, 2.75) is 46.5 Å². The SMILES string of the molecule is C=C(c1c[nH]c2ncc(-c3cccc(C4=CCCCC4)c3)nc12)C(C)(C)C. The predicted molar refractivity (Wildman–Crippen MR) is 114 cm³/mol. The monoisotopic (exact) mass is 357 g/mol. The number of aromatic nitrogens is 3. The highest BCUT2D eigenvalue weighted by Gasteiger charge is 2.21. The van der Waals surface area contributed by atoms with Crippen LogP contribution in [0.15, 0.2) is 49.3 Å². The van der Waals surface area contributed by atoms with Crippen molar-refractivity contribution < 1.29 is 0 Å². The largest absolute Gasteiger partial charge is 0.344 e. The molecule has 3 heteroatoms. The van der Waals surface area contributed by atoms with Crippen LogP contribution in [0, 0.1) is 5.41 Å². The first-order valence-electron chi connectivity index (χ1n) is 9.77. The van der Waals surface area contributed by atoms with Crippen molar-refractivity contribution in [2.24, 2.45) is 5.41 Å². The second-order valence-corrected chi connectivity index (χ2v) is 8.44. The molecule has 138 valence electrons. The number of hydrogen-bond acceptors (Lipinski definition) is 2. The molecule has 27 heavy (non-hydrogen) atoms. The summed E-state index contributed by atoms with van der Waals surface area (Å²) < 4.78 is 0. The van der Waals surface area contributed by atoms with Gasteiger partial charge in [0.25, 0.3) is 0 Å². The van der Waals surface area contributed by atoms with Crippen LogP contribution in [0.4, 0.5) is 0 Å². The third kappa shape index (κ3) is 3.46. The third-order valence-corrected chi connectivity index (χ3v) is 5.43. The van der Waals surface area contributed by atoms with Gasteiger partial charge in [0.15, 0.2) is 5.65 Å². The summed E-state index contributed by atoms with van der Waals surface area (Å²) in [7, 11) is 0. The van der Waals surface area contributed by atoms with Crippen LogP contribution in [0.25, 0.3) is 33.6 Å². The number of rotatable bonds is 3. The van der Waals surface area contributed by atoms with E-state index in [0.717, 1.165) is 33.6 Å². The molecule has 0 saturated carbocycles. The second kappa shape index (κ2) is 6.80. The van der Waals surface area contributed by atoms with E-state index in [2.05, 4.69) is 67.7 Å². The van der Waals surface area contributed by atoms with Crippen molar-refractivity contribution in [3.05, 3.63) is 60.4 Å². The van der Waals surface area contributed by atoms with Crippen LogP contribution in [0.2, 0.25) is 0 Å². The summed E-state index contributed by atoms with van der Waals surface area (Å²) in [6, 6.07) is 8.69. The molecule has 2 heterocycles. The number of allylic oxidation sites excluding steroid dienone is 3. The van der Waals surface area contributed by atoms with Gasteiger partial charge in [0.1, 0.15) is 5.52 Å². The lowest BCUT2D eigenvalue weighted by Gasteiger charge is -2.21. The fraction of sp³-hybridized carbons (Fsp3) is 0.333. The predicted octanol–water partition coefficient (Wildman–Crippen LogP) is 6.64. The molecule has 0 saturated heterocycles. The molecule has 3 aromatic rings.